The van der Waals surface area contributed by atoms with Crippen molar-refractivity contribution >= 4 is 0 Å². The van der Waals surface area contributed by atoms with Crippen LogP contribution in [0.1, 0.15) is 13.3 Å². The van der Waals surface area contributed by atoms with Gasteiger partial charge in [-0.25, -0.2) is 0 Å². The maximum Gasteiger partial charge on any atom is 0.0867 e. The fourth-order valence-electron chi connectivity index (χ4n) is 1.34. The van der Waals surface area contributed by atoms with Crippen LogP contribution in [0.2, 0.25) is 0 Å². The van der Waals surface area contributed by atoms with Crippen molar-refractivity contribution in [3.8, 4) is 0 Å². The third-order valence-corrected chi connectivity index (χ3v) is 2.18. The normalized spacial score (nSPS) is 30.6. The summed E-state index contributed by atoms with van der Waals surface area (Å²) in [6.45, 7) is 7.37. The van der Waals surface area contributed by atoms with Gasteiger partial charge >= 0.3 is 0 Å². The van der Waals surface area contributed by atoms with Gasteiger partial charge in [-0.2, -0.15) is 0 Å². The van der Waals surface area contributed by atoms with Crippen molar-refractivity contribution < 1.29 is 36.2 Å². The Hall–Kier alpha value is 0.552. The van der Waals surface area contributed by atoms with Crippen molar-refractivity contribution in [1.82, 2.24) is 0 Å². The van der Waals surface area contributed by atoms with Gasteiger partial charge in [0, 0.05) is 31.1 Å². The molecule has 0 bridgehead atoms. The van der Waals surface area contributed by atoms with E-state index in [-0.39, 0.29) is 37.0 Å². The minimum Gasteiger partial charge on any atom is -0.662 e. The number of hydrogen-bond acceptors (Lipinski definition) is 1. The molecule has 0 spiro atoms. The zero-order valence-corrected chi connectivity index (χ0v) is 11.0. The monoisotopic (exact) mass is 378 g/mol. The van der Waals surface area contributed by atoms with Crippen LogP contribution in [0, 0.1) is 42.9 Å². The van der Waals surface area contributed by atoms with Crippen LogP contribution in [0.5, 0.6) is 0 Å². The van der Waals surface area contributed by atoms with Crippen LogP contribution in [-0.4, -0.2) is 18.2 Å². The second kappa shape index (κ2) is 5.24. The molecular weight excluding hydrogens is 364 g/mol. The zero-order valence-electron chi connectivity index (χ0n) is 6.88. The van der Waals surface area contributed by atoms with E-state index < -0.39 is 0 Å². The van der Waals surface area contributed by atoms with Crippen molar-refractivity contribution in [3.05, 3.63) is 17.7 Å². The minimum atomic E-state index is 0. The molecule has 3 heteroatoms. The van der Waals surface area contributed by atoms with Gasteiger partial charge in [-0.05, 0) is 11.8 Å². The SMILES string of the molecule is C=C(O)C1C[N-]CCC1C.[U]. The maximum absolute atomic E-state index is 9.09. The summed E-state index contributed by atoms with van der Waals surface area (Å²) in [5, 5.41) is 13.3. The molecule has 0 aromatic carbocycles. The van der Waals surface area contributed by atoms with Gasteiger partial charge in [0.25, 0.3) is 0 Å². The minimum absolute atomic E-state index is 0. The Bertz CT molecular complexity index is 138. The van der Waals surface area contributed by atoms with Crippen LogP contribution in [-0.2, 0) is 0 Å². The molecule has 0 radical (unpaired) electrons. The first-order chi connectivity index (χ1) is 4.72. The van der Waals surface area contributed by atoms with E-state index in [0.29, 0.717) is 11.7 Å². The van der Waals surface area contributed by atoms with E-state index in [1.807, 2.05) is 0 Å². The summed E-state index contributed by atoms with van der Waals surface area (Å²) in [6.07, 6.45) is 1.09. The van der Waals surface area contributed by atoms with Gasteiger partial charge in [-0.3, -0.25) is 0 Å². The molecule has 11 heavy (non-hydrogen) atoms. The van der Waals surface area contributed by atoms with Crippen molar-refractivity contribution in [1.29, 1.82) is 0 Å². The summed E-state index contributed by atoms with van der Waals surface area (Å²) >= 11 is 0. The van der Waals surface area contributed by atoms with Crippen molar-refractivity contribution in [2.45, 2.75) is 13.3 Å². The number of aliphatic hydroxyl groups is 1. The molecule has 1 N–H and O–H groups in total. The van der Waals surface area contributed by atoms with Crippen molar-refractivity contribution in [3.63, 3.8) is 0 Å². The second-order valence-corrected chi connectivity index (χ2v) is 2.99. The van der Waals surface area contributed by atoms with E-state index in [1.165, 1.54) is 0 Å². The summed E-state index contributed by atoms with van der Waals surface area (Å²) in [7, 11) is 0. The first kappa shape index (κ1) is 11.6. The third-order valence-electron chi connectivity index (χ3n) is 2.18. The fourth-order valence-corrected chi connectivity index (χ4v) is 1.34. The largest absolute Gasteiger partial charge is 0.662 e. The summed E-state index contributed by atoms with van der Waals surface area (Å²) in [4.78, 5) is 0. The number of aliphatic hydroxyl groups excluding tert-OH is 1. The molecule has 0 aromatic heterocycles. The quantitative estimate of drug-likeness (QED) is 0.697. The molecule has 0 aromatic rings. The molecular formula is C8H14NOU-. The zero-order chi connectivity index (χ0) is 7.56. The number of nitrogens with zero attached hydrogens (tertiary/aromatic N) is 1. The van der Waals surface area contributed by atoms with Crippen LogP contribution in [0.4, 0.5) is 0 Å². The van der Waals surface area contributed by atoms with Gasteiger partial charge in [-0.1, -0.05) is 19.9 Å². The van der Waals surface area contributed by atoms with Gasteiger partial charge in [0.2, 0.25) is 0 Å². The van der Waals surface area contributed by atoms with Crippen LogP contribution in [0.15, 0.2) is 12.3 Å². The van der Waals surface area contributed by atoms with Crippen molar-refractivity contribution in [2.24, 2.45) is 11.8 Å². The average molecular weight is 378 g/mol. The number of rotatable bonds is 1. The Morgan fingerprint density at radius 1 is 1.64 bits per heavy atom. The summed E-state index contributed by atoms with van der Waals surface area (Å²) in [5.74, 6) is 1.07. The Kier molecular flexibility index (Phi) is 5.51. The van der Waals surface area contributed by atoms with Gasteiger partial charge in [0.1, 0.15) is 0 Å². The van der Waals surface area contributed by atoms with Gasteiger partial charge in [0.05, 0.1) is 5.76 Å². The van der Waals surface area contributed by atoms with Crippen LogP contribution >= 0.6 is 0 Å². The van der Waals surface area contributed by atoms with E-state index >= 15 is 0 Å². The third kappa shape index (κ3) is 3.19. The average Bonchev–Trinajstić information content (AvgIpc) is 1.88. The Morgan fingerprint density at radius 3 is 2.64 bits per heavy atom. The molecule has 1 fully saturated rings. The van der Waals surface area contributed by atoms with E-state index in [0.717, 1.165) is 19.5 Å². The molecule has 1 aliphatic rings. The number of hydrogen-bond donors (Lipinski definition) is 1. The Morgan fingerprint density at radius 2 is 2.27 bits per heavy atom. The van der Waals surface area contributed by atoms with Crippen molar-refractivity contribution in [2.75, 3.05) is 13.1 Å². The van der Waals surface area contributed by atoms with E-state index in [2.05, 4.69) is 18.8 Å². The molecule has 1 heterocycles. The second-order valence-electron chi connectivity index (χ2n) is 2.99. The predicted octanol–water partition coefficient (Wildman–Crippen LogP) is 2.09. The van der Waals surface area contributed by atoms with Gasteiger partial charge in [0.15, 0.2) is 0 Å². The van der Waals surface area contributed by atoms with E-state index in [9.17, 15) is 0 Å². The molecule has 2 nitrogen and oxygen atoms in total. The van der Waals surface area contributed by atoms with Crippen LogP contribution in [0.25, 0.3) is 5.32 Å². The fraction of sp³-hybridized carbons (Fsp3) is 0.750. The first-order valence-electron chi connectivity index (χ1n) is 3.73. The molecule has 2 unspecified atom stereocenters. The van der Waals surface area contributed by atoms with E-state index in [4.69, 9.17) is 5.11 Å². The summed E-state index contributed by atoms with van der Waals surface area (Å²) in [5.41, 5.74) is 0. The molecule has 62 valence electrons. The summed E-state index contributed by atoms with van der Waals surface area (Å²) in [6, 6.07) is 0. The standard InChI is InChI=1S/C8H14NO.U/c1-6-3-4-9-5-8(6)7(2)10;/h6,8,10H,2-5H2,1H3;/q-1;. The maximum atomic E-state index is 9.09. The molecule has 0 saturated carbocycles. The molecule has 1 rings (SSSR count). The predicted molar refractivity (Wildman–Crippen MR) is 42.1 cm³/mol. The van der Waals surface area contributed by atoms with E-state index in [1.54, 1.807) is 0 Å². The number of piperidine rings is 1. The first-order valence-corrected chi connectivity index (χ1v) is 3.73. The smallest absolute Gasteiger partial charge is 0.0867 e. The molecule has 0 aliphatic carbocycles. The van der Waals surface area contributed by atoms with Gasteiger partial charge < -0.3 is 10.4 Å². The topological polar surface area (TPSA) is 34.3 Å². The molecule has 1 saturated heterocycles. The van der Waals surface area contributed by atoms with Crippen LogP contribution in [0.3, 0.4) is 0 Å². The molecule has 2 atom stereocenters. The Labute approximate surface area is 91.8 Å². The van der Waals surface area contributed by atoms with Gasteiger partial charge in [-0.15, -0.1) is 13.1 Å². The molecule has 1 aliphatic heterocycles. The van der Waals surface area contributed by atoms with Crippen LogP contribution < -0.4 is 0 Å². The summed E-state index contributed by atoms with van der Waals surface area (Å²) < 4.78 is 0. The Balaban J connectivity index is 0.000001000. The molecule has 0 amide bonds.